The van der Waals surface area contributed by atoms with Crippen molar-refractivity contribution in [2.45, 2.75) is 18.9 Å². The average molecular weight is 364 g/mol. The summed E-state index contributed by atoms with van der Waals surface area (Å²) >= 11 is 0. The monoisotopic (exact) mass is 364 g/mol. The molecule has 3 aliphatic rings. The number of nitrogens with zero attached hydrogens (tertiary/aromatic N) is 3. The lowest BCUT2D eigenvalue weighted by Crippen LogP contribution is -2.41. The van der Waals surface area contributed by atoms with Crippen molar-refractivity contribution >= 4 is 16.9 Å². The standard InChI is InChI=1S/C21H21FN4O/c22-15-3-1-14(2-4-15)19-6-5-17-18(13-23-20(17)24-19)21(27)26-12-11-25-9-7-16(26)8-10-25/h1-6,13,16H,7-12H2,(H,23,24). The molecule has 2 aromatic heterocycles. The number of pyridine rings is 1. The van der Waals surface area contributed by atoms with Gasteiger partial charge in [0.25, 0.3) is 5.91 Å². The van der Waals surface area contributed by atoms with E-state index in [9.17, 15) is 9.18 Å². The second-order valence-corrected chi connectivity index (χ2v) is 7.37. The first-order chi connectivity index (χ1) is 13.2. The summed E-state index contributed by atoms with van der Waals surface area (Å²) in [5.41, 5.74) is 2.97. The minimum Gasteiger partial charge on any atom is -0.345 e. The van der Waals surface area contributed by atoms with Crippen LogP contribution in [0, 0.1) is 5.82 Å². The number of carbonyl (C=O) groups excluding carboxylic acids is 1. The maximum atomic E-state index is 13.2. The van der Waals surface area contributed by atoms with Crippen molar-refractivity contribution in [3.63, 3.8) is 0 Å². The van der Waals surface area contributed by atoms with Gasteiger partial charge >= 0.3 is 0 Å². The van der Waals surface area contributed by atoms with E-state index in [1.807, 2.05) is 17.0 Å². The lowest BCUT2D eigenvalue weighted by atomic mass is 10.0. The Labute approximate surface area is 156 Å². The summed E-state index contributed by atoms with van der Waals surface area (Å²) in [6.45, 7) is 3.92. The third-order valence-electron chi connectivity index (χ3n) is 5.82. The van der Waals surface area contributed by atoms with Gasteiger partial charge in [0.15, 0.2) is 0 Å². The average Bonchev–Trinajstić information content (AvgIpc) is 2.88. The zero-order valence-electron chi connectivity index (χ0n) is 15.0. The number of piperidine rings is 1. The molecule has 1 amide bonds. The van der Waals surface area contributed by atoms with Crippen molar-refractivity contribution in [2.75, 3.05) is 26.2 Å². The molecule has 1 aromatic carbocycles. The number of halogens is 1. The first-order valence-electron chi connectivity index (χ1n) is 9.46. The van der Waals surface area contributed by atoms with Crippen LogP contribution in [0.25, 0.3) is 22.3 Å². The molecule has 27 heavy (non-hydrogen) atoms. The van der Waals surface area contributed by atoms with Crippen molar-refractivity contribution in [1.29, 1.82) is 0 Å². The Hall–Kier alpha value is -2.73. The highest BCUT2D eigenvalue weighted by Crippen LogP contribution is 2.27. The molecule has 6 heteroatoms. The number of hydrogen-bond donors (Lipinski definition) is 1. The molecule has 138 valence electrons. The van der Waals surface area contributed by atoms with Crippen molar-refractivity contribution in [3.8, 4) is 11.3 Å². The van der Waals surface area contributed by atoms with Gasteiger partial charge in [-0.2, -0.15) is 0 Å². The van der Waals surface area contributed by atoms with Crippen LogP contribution < -0.4 is 0 Å². The highest BCUT2D eigenvalue weighted by atomic mass is 19.1. The Morgan fingerprint density at radius 3 is 2.59 bits per heavy atom. The van der Waals surface area contributed by atoms with Crippen molar-refractivity contribution in [2.24, 2.45) is 0 Å². The van der Waals surface area contributed by atoms with E-state index in [1.54, 1.807) is 18.3 Å². The van der Waals surface area contributed by atoms with E-state index in [0.29, 0.717) is 17.3 Å². The second kappa shape index (κ2) is 6.46. The molecule has 2 bridgehead atoms. The number of H-pyrrole nitrogens is 1. The van der Waals surface area contributed by atoms with E-state index in [1.165, 1.54) is 12.1 Å². The van der Waals surface area contributed by atoms with Gasteiger partial charge in [0, 0.05) is 49.4 Å². The van der Waals surface area contributed by atoms with Gasteiger partial charge in [0.1, 0.15) is 11.5 Å². The van der Waals surface area contributed by atoms with Crippen molar-refractivity contribution in [3.05, 3.63) is 54.0 Å². The van der Waals surface area contributed by atoms with Crippen LogP contribution in [0.2, 0.25) is 0 Å². The van der Waals surface area contributed by atoms with Crippen LogP contribution in [0.1, 0.15) is 23.2 Å². The molecule has 0 spiro atoms. The Balaban J connectivity index is 1.47. The Morgan fingerprint density at radius 1 is 1.04 bits per heavy atom. The molecule has 3 saturated heterocycles. The minimum atomic E-state index is -0.268. The van der Waals surface area contributed by atoms with E-state index in [0.717, 1.165) is 55.7 Å². The zero-order chi connectivity index (χ0) is 18.4. The summed E-state index contributed by atoms with van der Waals surface area (Å²) in [6, 6.07) is 10.4. The van der Waals surface area contributed by atoms with E-state index < -0.39 is 0 Å². The normalized spacial score (nSPS) is 22.2. The Morgan fingerprint density at radius 2 is 1.81 bits per heavy atom. The summed E-state index contributed by atoms with van der Waals surface area (Å²) in [4.78, 5) is 25.5. The SMILES string of the molecule is O=C(c1c[nH]c2nc(-c3ccc(F)cc3)ccc12)N1CCN2CCC1CC2. The number of nitrogens with one attached hydrogen (secondary N) is 1. The van der Waals surface area contributed by atoms with Gasteiger partial charge in [-0.3, -0.25) is 4.79 Å². The fraction of sp³-hybridized carbons (Fsp3) is 0.333. The summed E-state index contributed by atoms with van der Waals surface area (Å²) in [5, 5.41) is 0.838. The fourth-order valence-electron chi connectivity index (χ4n) is 4.27. The van der Waals surface area contributed by atoms with Gasteiger partial charge in [0.2, 0.25) is 0 Å². The molecule has 0 saturated carbocycles. The molecule has 0 unspecified atom stereocenters. The van der Waals surface area contributed by atoms with E-state index in [4.69, 9.17) is 0 Å². The van der Waals surface area contributed by atoms with Crippen molar-refractivity contribution in [1.82, 2.24) is 19.8 Å². The number of benzene rings is 1. The van der Waals surface area contributed by atoms with Gasteiger partial charge in [0.05, 0.1) is 11.3 Å². The fourth-order valence-corrected chi connectivity index (χ4v) is 4.27. The molecule has 3 fully saturated rings. The van der Waals surface area contributed by atoms with Crippen molar-refractivity contribution < 1.29 is 9.18 Å². The van der Waals surface area contributed by atoms with Crippen LogP contribution in [0.15, 0.2) is 42.6 Å². The van der Waals surface area contributed by atoms with Gasteiger partial charge < -0.3 is 14.8 Å². The summed E-state index contributed by atoms with van der Waals surface area (Å²) in [5.74, 6) is -0.179. The largest absolute Gasteiger partial charge is 0.345 e. The van der Waals surface area contributed by atoms with Crippen LogP contribution in [-0.4, -0.2) is 57.9 Å². The van der Waals surface area contributed by atoms with E-state index >= 15 is 0 Å². The molecule has 3 aromatic rings. The third kappa shape index (κ3) is 2.90. The van der Waals surface area contributed by atoms with Crippen LogP contribution in [0.5, 0.6) is 0 Å². The highest BCUT2D eigenvalue weighted by molar-refractivity contribution is 6.06. The van der Waals surface area contributed by atoms with E-state index in [2.05, 4.69) is 14.9 Å². The minimum absolute atomic E-state index is 0.0892. The first kappa shape index (κ1) is 16.4. The van der Waals surface area contributed by atoms with Gasteiger partial charge in [-0.15, -0.1) is 0 Å². The summed E-state index contributed by atoms with van der Waals surface area (Å²) in [7, 11) is 0. The quantitative estimate of drug-likeness (QED) is 0.759. The van der Waals surface area contributed by atoms with Gasteiger partial charge in [-0.25, -0.2) is 9.37 Å². The predicted octanol–water partition coefficient (Wildman–Crippen LogP) is 3.29. The maximum absolute atomic E-state index is 13.2. The van der Waals surface area contributed by atoms with Gasteiger partial charge in [-0.05, 0) is 49.2 Å². The number of aromatic nitrogens is 2. The molecule has 3 aliphatic heterocycles. The molecule has 0 atom stereocenters. The molecule has 5 nitrogen and oxygen atoms in total. The second-order valence-electron chi connectivity index (χ2n) is 7.37. The number of fused-ring (bicyclic) bond motifs is 5. The highest BCUT2D eigenvalue weighted by Gasteiger charge is 2.33. The number of rotatable bonds is 2. The Kier molecular flexibility index (Phi) is 3.93. The number of hydrogen-bond acceptors (Lipinski definition) is 3. The number of aromatic amines is 1. The smallest absolute Gasteiger partial charge is 0.256 e. The molecule has 1 N–H and O–H groups in total. The zero-order valence-corrected chi connectivity index (χ0v) is 15.0. The third-order valence-corrected chi connectivity index (χ3v) is 5.82. The number of amides is 1. The van der Waals surface area contributed by atoms with Crippen LogP contribution in [0.3, 0.4) is 0 Å². The van der Waals surface area contributed by atoms with Crippen LogP contribution in [-0.2, 0) is 0 Å². The maximum Gasteiger partial charge on any atom is 0.256 e. The molecule has 5 heterocycles. The lowest BCUT2D eigenvalue weighted by molar-refractivity contribution is 0.0687. The number of carbonyl (C=O) groups is 1. The molecular formula is C21H21FN4O. The molecule has 6 rings (SSSR count). The molecule has 0 radical (unpaired) electrons. The topological polar surface area (TPSA) is 52.2 Å². The van der Waals surface area contributed by atoms with Gasteiger partial charge in [-0.1, -0.05) is 0 Å². The molecule has 0 aliphatic carbocycles. The molecular weight excluding hydrogens is 343 g/mol. The predicted molar refractivity (Wildman–Crippen MR) is 102 cm³/mol. The first-order valence-corrected chi connectivity index (χ1v) is 9.46. The van der Waals surface area contributed by atoms with E-state index in [-0.39, 0.29) is 11.7 Å². The lowest BCUT2D eigenvalue weighted by Gasteiger charge is -2.31. The summed E-state index contributed by atoms with van der Waals surface area (Å²) < 4.78 is 13.1. The van der Waals surface area contributed by atoms with Crippen LogP contribution >= 0.6 is 0 Å². The summed E-state index contributed by atoms with van der Waals surface area (Å²) in [6.07, 6.45) is 3.88. The Bertz CT molecular complexity index is 989. The van der Waals surface area contributed by atoms with Crippen LogP contribution in [0.4, 0.5) is 4.39 Å².